The maximum Gasteiger partial charge on any atom is 0.152 e. The Balaban J connectivity index is 2.53. The van der Waals surface area contributed by atoms with E-state index in [1.54, 1.807) is 0 Å². The number of hydrogen-bond donors (Lipinski definition) is 0. The summed E-state index contributed by atoms with van der Waals surface area (Å²) in [7, 11) is 0. The van der Waals surface area contributed by atoms with E-state index in [2.05, 4.69) is 0 Å². The summed E-state index contributed by atoms with van der Waals surface area (Å²) in [5, 5.41) is 0. The highest BCUT2D eigenvalue weighted by atomic mass is 16.2. The van der Waals surface area contributed by atoms with Gasteiger partial charge in [0.2, 0.25) is 0 Å². The third kappa shape index (κ3) is 1.13. The average molecular weight is 222 g/mol. The Morgan fingerprint density at radius 1 is 0.812 bits per heavy atom. The van der Waals surface area contributed by atoms with Gasteiger partial charge in [0.05, 0.1) is 5.41 Å². The van der Waals surface area contributed by atoms with Crippen molar-refractivity contribution in [2.45, 2.75) is 59.8 Å². The molecular weight excluding hydrogens is 200 g/mol. The van der Waals surface area contributed by atoms with Crippen LogP contribution in [0.4, 0.5) is 0 Å². The van der Waals surface area contributed by atoms with Gasteiger partial charge in [-0.1, -0.05) is 33.1 Å². The van der Waals surface area contributed by atoms with E-state index in [1.165, 1.54) is 6.42 Å². The van der Waals surface area contributed by atoms with Crippen LogP contribution >= 0.6 is 0 Å². The van der Waals surface area contributed by atoms with E-state index in [9.17, 15) is 9.59 Å². The second-order valence-electron chi connectivity index (χ2n) is 6.55. The van der Waals surface area contributed by atoms with Crippen molar-refractivity contribution in [3.63, 3.8) is 0 Å². The van der Waals surface area contributed by atoms with Gasteiger partial charge in [-0.15, -0.1) is 0 Å². The highest BCUT2D eigenvalue weighted by Gasteiger charge is 2.67. The molecule has 0 bridgehead atoms. The van der Waals surface area contributed by atoms with Gasteiger partial charge < -0.3 is 0 Å². The van der Waals surface area contributed by atoms with Crippen molar-refractivity contribution in [1.29, 1.82) is 0 Å². The Hall–Kier alpha value is -0.660. The van der Waals surface area contributed by atoms with E-state index in [0.29, 0.717) is 0 Å². The highest BCUT2D eigenvalue weighted by molar-refractivity contribution is 6.18. The van der Waals surface area contributed by atoms with Gasteiger partial charge in [-0.05, 0) is 26.7 Å². The Bertz CT molecular complexity index is 344. The maximum absolute atomic E-state index is 12.6. The molecule has 0 atom stereocenters. The van der Waals surface area contributed by atoms with Crippen LogP contribution < -0.4 is 0 Å². The molecule has 90 valence electrons. The molecule has 0 heterocycles. The predicted molar refractivity (Wildman–Crippen MR) is 63.1 cm³/mol. The first-order chi connectivity index (χ1) is 7.27. The average Bonchev–Trinajstić information content (AvgIpc) is 2.34. The van der Waals surface area contributed by atoms with Crippen molar-refractivity contribution in [3.8, 4) is 0 Å². The number of Topliss-reactive ketones (excluding diaryl/α,β-unsaturated/α-hetero) is 2. The first-order valence-corrected chi connectivity index (χ1v) is 6.37. The monoisotopic (exact) mass is 222 g/mol. The lowest BCUT2D eigenvalue weighted by molar-refractivity contribution is -0.137. The normalized spacial score (nSPS) is 31.0. The number of rotatable bonds is 0. The molecule has 1 spiro atoms. The van der Waals surface area contributed by atoms with E-state index in [-0.39, 0.29) is 17.0 Å². The molecule has 0 amide bonds. The van der Waals surface area contributed by atoms with Gasteiger partial charge in [0.1, 0.15) is 0 Å². The first-order valence-electron chi connectivity index (χ1n) is 6.37. The molecule has 16 heavy (non-hydrogen) atoms. The zero-order chi connectivity index (χ0) is 12.2. The molecule has 2 nitrogen and oxygen atoms in total. The van der Waals surface area contributed by atoms with Crippen molar-refractivity contribution >= 4 is 11.6 Å². The Labute approximate surface area is 97.8 Å². The molecule has 0 N–H and O–H groups in total. The minimum absolute atomic E-state index is 0.145. The second-order valence-corrected chi connectivity index (χ2v) is 6.55. The topological polar surface area (TPSA) is 34.1 Å². The van der Waals surface area contributed by atoms with Gasteiger partial charge in [0.25, 0.3) is 0 Å². The van der Waals surface area contributed by atoms with Crippen LogP contribution in [0.5, 0.6) is 0 Å². The number of hydrogen-bond acceptors (Lipinski definition) is 2. The van der Waals surface area contributed by atoms with Crippen molar-refractivity contribution in [2.75, 3.05) is 0 Å². The molecule has 2 aliphatic carbocycles. The van der Waals surface area contributed by atoms with Crippen molar-refractivity contribution in [3.05, 3.63) is 0 Å². The first kappa shape index (κ1) is 11.8. The van der Waals surface area contributed by atoms with Crippen LogP contribution in [0.25, 0.3) is 0 Å². The fourth-order valence-electron chi connectivity index (χ4n) is 3.99. The van der Waals surface area contributed by atoms with E-state index in [4.69, 9.17) is 0 Å². The Morgan fingerprint density at radius 2 is 1.31 bits per heavy atom. The van der Waals surface area contributed by atoms with Crippen LogP contribution in [-0.4, -0.2) is 11.6 Å². The summed E-state index contributed by atoms with van der Waals surface area (Å²) in [6.07, 6.45) is 5.22. The summed E-state index contributed by atoms with van der Waals surface area (Å²) < 4.78 is 0. The summed E-state index contributed by atoms with van der Waals surface area (Å²) in [6, 6.07) is 0. The van der Waals surface area contributed by atoms with E-state index >= 15 is 0 Å². The molecule has 2 fully saturated rings. The fourth-order valence-corrected chi connectivity index (χ4v) is 3.99. The lowest BCUT2D eigenvalue weighted by Crippen LogP contribution is -2.42. The molecule has 0 unspecified atom stereocenters. The summed E-state index contributed by atoms with van der Waals surface area (Å²) in [6.45, 7) is 7.58. The molecular formula is C14H22O2. The van der Waals surface area contributed by atoms with Crippen molar-refractivity contribution in [2.24, 2.45) is 16.2 Å². The zero-order valence-electron chi connectivity index (χ0n) is 10.9. The number of carbonyl (C=O) groups is 2. The van der Waals surface area contributed by atoms with Gasteiger partial charge >= 0.3 is 0 Å². The zero-order valence-corrected chi connectivity index (χ0v) is 10.9. The van der Waals surface area contributed by atoms with Crippen molar-refractivity contribution < 1.29 is 9.59 Å². The van der Waals surface area contributed by atoms with Crippen LogP contribution in [0.2, 0.25) is 0 Å². The third-order valence-corrected chi connectivity index (χ3v) is 5.04. The predicted octanol–water partition coefficient (Wildman–Crippen LogP) is 3.14. The molecule has 0 saturated heterocycles. The van der Waals surface area contributed by atoms with Crippen LogP contribution in [0, 0.1) is 16.2 Å². The summed E-state index contributed by atoms with van der Waals surface area (Å²) in [5.41, 5.74) is -1.58. The van der Waals surface area contributed by atoms with Gasteiger partial charge in [-0.3, -0.25) is 9.59 Å². The van der Waals surface area contributed by atoms with Gasteiger partial charge in [-0.25, -0.2) is 0 Å². The standard InChI is InChI=1S/C14H22O2/c1-12(2)10(15)13(3,4)14(11(12)16)8-6-5-7-9-14/h5-9H2,1-4H3. The Kier molecular flexibility index (Phi) is 2.35. The van der Waals surface area contributed by atoms with E-state index in [1.807, 2.05) is 27.7 Å². The van der Waals surface area contributed by atoms with Crippen LogP contribution in [0.15, 0.2) is 0 Å². The number of ketones is 2. The Morgan fingerprint density at radius 3 is 1.69 bits per heavy atom. The minimum atomic E-state index is -0.763. The summed E-state index contributed by atoms with van der Waals surface area (Å²) in [5.74, 6) is 0.349. The molecule has 0 aliphatic heterocycles. The molecule has 0 aromatic carbocycles. The van der Waals surface area contributed by atoms with E-state index in [0.717, 1.165) is 25.7 Å². The number of carbonyl (C=O) groups excluding carboxylic acids is 2. The molecule has 2 aliphatic rings. The third-order valence-electron chi connectivity index (χ3n) is 5.04. The summed E-state index contributed by atoms with van der Waals surface area (Å²) in [4.78, 5) is 25.0. The molecule has 0 aromatic heterocycles. The fraction of sp³-hybridized carbons (Fsp3) is 0.857. The highest BCUT2D eigenvalue weighted by Crippen LogP contribution is 2.61. The van der Waals surface area contributed by atoms with Crippen LogP contribution in [0.1, 0.15) is 59.8 Å². The second kappa shape index (κ2) is 3.18. The van der Waals surface area contributed by atoms with Crippen LogP contribution in [-0.2, 0) is 9.59 Å². The van der Waals surface area contributed by atoms with Gasteiger partial charge in [0.15, 0.2) is 11.6 Å². The lowest BCUT2D eigenvalue weighted by Gasteiger charge is -2.41. The van der Waals surface area contributed by atoms with Gasteiger partial charge in [-0.2, -0.15) is 0 Å². The van der Waals surface area contributed by atoms with Crippen LogP contribution in [0.3, 0.4) is 0 Å². The minimum Gasteiger partial charge on any atom is -0.298 e. The summed E-state index contributed by atoms with van der Waals surface area (Å²) >= 11 is 0. The van der Waals surface area contributed by atoms with Gasteiger partial charge in [0, 0.05) is 10.8 Å². The SMILES string of the molecule is CC1(C)C(=O)C(C)(C)C2(CCCCC2)C1=O. The molecule has 2 heteroatoms. The quantitative estimate of drug-likeness (QED) is 0.590. The molecule has 2 rings (SSSR count). The molecule has 2 saturated carbocycles. The van der Waals surface area contributed by atoms with Crippen molar-refractivity contribution in [1.82, 2.24) is 0 Å². The lowest BCUT2D eigenvalue weighted by atomic mass is 9.60. The molecule has 0 radical (unpaired) electrons. The van der Waals surface area contributed by atoms with E-state index < -0.39 is 10.8 Å². The smallest absolute Gasteiger partial charge is 0.152 e. The largest absolute Gasteiger partial charge is 0.298 e. The maximum atomic E-state index is 12.6. The molecule has 0 aromatic rings.